The van der Waals surface area contributed by atoms with Crippen molar-refractivity contribution in [2.24, 2.45) is 0 Å². The third-order valence-corrected chi connectivity index (χ3v) is 8.61. The highest BCUT2D eigenvalue weighted by atomic mass is 32.2. The van der Waals surface area contributed by atoms with Gasteiger partial charge in [0.05, 0.1) is 19.5 Å². The van der Waals surface area contributed by atoms with Gasteiger partial charge in [0.25, 0.3) is 0 Å². The molecule has 0 radical (unpaired) electrons. The molecule has 4 nitrogen and oxygen atoms in total. The van der Waals surface area contributed by atoms with Gasteiger partial charge in [0.2, 0.25) is 0 Å². The summed E-state index contributed by atoms with van der Waals surface area (Å²) in [5.74, 6) is 2.74. The highest BCUT2D eigenvalue weighted by molar-refractivity contribution is 8.09. The number of allylic oxidation sites excluding steroid dienone is 2. The number of thioether (sulfide) groups is 1. The van der Waals surface area contributed by atoms with Crippen LogP contribution in [0.2, 0.25) is 0 Å². The summed E-state index contributed by atoms with van der Waals surface area (Å²) in [5, 5.41) is 2.79. The fourth-order valence-corrected chi connectivity index (χ4v) is 6.89. The maximum atomic E-state index is 6.10. The van der Waals surface area contributed by atoms with Crippen LogP contribution in [-0.2, 0) is 4.74 Å². The van der Waals surface area contributed by atoms with E-state index in [9.17, 15) is 0 Å². The van der Waals surface area contributed by atoms with E-state index in [0.717, 1.165) is 30.4 Å². The molecule has 1 atom stereocenters. The Morgan fingerprint density at radius 1 is 0.857 bits per heavy atom. The van der Waals surface area contributed by atoms with E-state index in [1.807, 2.05) is 11.8 Å². The molecule has 5 heteroatoms. The van der Waals surface area contributed by atoms with Gasteiger partial charge in [-0.1, -0.05) is 30.7 Å². The molecule has 0 saturated carbocycles. The van der Waals surface area contributed by atoms with Gasteiger partial charge in [-0.05, 0) is 84.3 Å². The Balaban J connectivity index is 1.32. The highest BCUT2D eigenvalue weighted by Crippen LogP contribution is 2.51. The fraction of sp³-hybridized carbons (Fsp3) is 0.333. The molecule has 6 rings (SSSR count). The topological polar surface area (TPSA) is 30.9 Å². The minimum Gasteiger partial charge on any atom is -0.497 e. The molecular formula is C30H31NO3S. The van der Waals surface area contributed by atoms with Crippen LogP contribution < -0.4 is 19.9 Å². The molecule has 1 saturated heterocycles. The maximum absolute atomic E-state index is 6.10. The van der Waals surface area contributed by atoms with E-state index in [-0.39, 0.29) is 5.25 Å². The third kappa shape index (κ3) is 4.21. The fourth-order valence-electron chi connectivity index (χ4n) is 5.48. The second-order valence-electron chi connectivity index (χ2n) is 9.37. The zero-order valence-corrected chi connectivity index (χ0v) is 21.2. The van der Waals surface area contributed by atoms with E-state index in [2.05, 4.69) is 65.6 Å². The van der Waals surface area contributed by atoms with Crippen LogP contribution in [-0.4, -0.2) is 50.6 Å². The average molecular weight is 486 g/mol. The van der Waals surface area contributed by atoms with Crippen molar-refractivity contribution in [2.75, 3.05) is 40.5 Å². The minimum absolute atomic E-state index is 0.270. The van der Waals surface area contributed by atoms with Crippen molar-refractivity contribution in [3.8, 4) is 11.5 Å². The second-order valence-corrected chi connectivity index (χ2v) is 10.5. The van der Waals surface area contributed by atoms with Crippen LogP contribution in [0.3, 0.4) is 0 Å². The number of fused-ring (bicyclic) bond motifs is 3. The van der Waals surface area contributed by atoms with Crippen molar-refractivity contribution in [3.05, 3.63) is 93.6 Å². The first-order valence-corrected chi connectivity index (χ1v) is 13.4. The molecule has 2 aromatic rings. The summed E-state index contributed by atoms with van der Waals surface area (Å²) in [6.07, 6.45) is 10.5. The Kier molecular flexibility index (Phi) is 6.21. The summed E-state index contributed by atoms with van der Waals surface area (Å²) >= 11 is 1.90. The first kappa shape index (κ1) is 22.6. The van der Waals surface area contributed by atoms with Crippen molar-refractivity contribution in [1.29, 1.82) is 0 Å². The van der Waals surface area contributed by atoms with Crippen molar-refractivity contribution < 1.29 is 14.2 Å². The summed E-state index contributed by atoms with van der Waals surface area (Å²) in [5.41, 5.74) is 5.19. The van der Waals surface area contributed by atoms with Gasteiger partial charge in [0.1, 0.15) is 23.9 Å². The number of likely N-dealkylation sites (tertiary alicyclic amines) is 1. The van der Waals surface area contributed by atoms with Crippen LogP contribution >= 0.6 is 11.8 Å². The van der Waals surface area contributed by atoms with E-state index < -0.39 is 0 Å². The van der Waals surface area contributed by atoms with E-state index in [1.54, 1.807) is 14.2 Å². The predicted octanol–water partition coefficient (Wildman–Crippen LogP) is 4.39. The van der Waals surface area contributed by atoms with Gasteiger partial charge in [0.15, 0.2) is 0 Å². The summed E-state index contributed by atoms with van der Waals surface area (Å²) in [6.45, 7) is 4.15. The lowest BCUT2D eigenvalue weighted by Gasteiger charge is -2.26. The molecule has 2 aliphatic carbocycles. The van der Waals surface area contributed by atoms with Crippen molar-refractivity contribution >= 4 is 22.2 Å². The highest BCUT2D eigenvalue weighted by Gasteiger charge is 2.35. The zero-order chi connectivity index (χ0) is 23.8. The molecule has 2 heterocycles. The van der Waals surface area contributed by atoms with E-state index in [1.165, 1.54) is 70.0 Å². The molecule has 0 bridgehead atoms. The molecule has 0 spiro atoms. The number of methoxy groups -OCH3 is 2. The normalized spacial score (nSPS) is 21.0. The maximum Gasteiger partial charge on any atom is 0.119 e. The molecule has 35 heavy (non-hydrogen) atoms. The number of benzene rings is 2. The Hall–Kier alpha value is -2.89. The summed E-state index contributed by atoms with van der Waals surface area (Å²) in [7, 11) is 3.46. The van der Waals surface area contributed by atoms with Gasteiger partial charge < -0.3 is 14.2 Å². The Labute approximate surface area is 211 Å². The van der Waals surface area contributed by atoms with Gasteiger partial charge in [-0.15, -0.1) is 11.8 Å². The van der Waals surface area contributed by atoms with E-state index in [0.29, 0.717) is 0 Å². The van der Waals surface area contributed by atoms with Crippen molar-refractivity contribution in [1.82, 2.24) is 4.90 Å². The van der Waals surface area contributed by atoms with Crippen LogP contribution in [0.15, 0.2) is 77.6 Å². The molecular weight excluding hydrogens is 454 g/mol. The molecule has 0 aromatic heterocycles. The largest absolute Gasteiger partial charge is 0.497 e. The van der Waals surface area contributed by atoms with Crippen LogP contribution in [0.4, 0.5) is 0 Å². The first-order valence-electron chi connectivity index (χ1n) is 12.5. The number of ether oxygens (including phenoxy) is 3. The first-order chi connectivity index (χ1) is 17.2. The smallest absolute Gasteiger partial charge is 0.119 e. The lowest BCUT2D eigenvalue weighted by molar-refractivity contribution is 0.183. The number of piperidine rings is 1. The second kappa shape index (κ2) is 9.63. The number of hydrogen-bond donors (Lipinski definition) is 0. The number of hydrogen-bond acceptors (Lipinski definition) is 5. The summed E-state index contributed by atoms with van der Waals surface area (Å²) in [4.78, 5) is 3.84. The molecule has 2 aromatic carbocycles. The molecule has 1 fully saturated rings. The lowest BCUT2D eigenvalue weighted by Crippen LogP contribution is -2.33. The van der Waals surface area contributed by atoms with Gasteiger partial charge in [-0.25, -0.2) is 0 Å². The lowest BCUT2D eigenvalue weighted by atomic mass is 9.92. The Morgan fingerprint density at radius 3 is 2.43 bits per heavy atom. The molecule has 2 aliphatic heterocycles. The molecule has 180 valence electrons. The summed E-state index contributed by atoms with van der Waals surface area (Å²) in [6, 6.07) is 15.1. The quantitative estimate of drug-likeness (QED) is 0.581. The SMILES string of the molecule is COC1=CC2SC3=c4cc(OC)ccc4=C(c4ccc(OCCN5CCCCC5)cc4)C3=C2C=C1. The third-order valence-electron chi connectivity index (χ3n) is 7.30. The Morgan fingerprint density at radius 2 is 1.66 bits per heavy atom. The van der Waals surface area contributed by atoms with Crippen LogP contribution in [0, 0.1) is 0 Å². The number of rotatable bonds is 7. The zero-order valence-electron chi connectivity index (χ0n) is 20.4. The molecule has 0 amide bonds. The molecule has 1 unspecified atom stereocenters. The van der Waals surface area contributed by atoms with Crippen LogP contribution in [0.25, 0.3) is 10.5 Å². The Bertz CT molecular complexity index is 1350. The standard InChI is InChI=1S/C30H31NO3S/c1-32-22-10-12-24-26(18-22)30-29(25-13-11-23(33-2)19-27(25)35-30)28(24)20-6-8-21(9-7-20)34-17-16-31-14-4-3-5-15-31/h6-13,18-19,27H,3-5,14-17H2,1-2H3. The van der Waals surface area contributed by atoms with E-state index >= 15 is 0 Å². The van der Waals surface area contributed by atoms with Gasteiger partial charge in [0, 0.05) is 22.2 Å². The monoisotopic (exact) mass is 485 g/mol. The van der Waals surface area contributed by atoms with Crippen molar-refractivity contribution in [2.45, 2.75) is 24.5 Å². The van der Waals surface area contributed by atoms with Crippen LogP contribution in [0.5, 0.6) is 11.5 Å². The van der Waals surface area contributed by atoms with Gasteiger partial charge in [-0.3, -0.25) is 4.90 Å². The molecule has 4 aliphatic rings. The molecule has 0 N–H and O–H groups in total. The van der Waals surface area contributed by atoms with Crippen molar-refractivity contribution in [3.63, 3.8) is 0 Å². The predicted molar refractivity (Wildman–Crippen MR) is 143 cm³/mol. The van der Waals surface area contributed by atoms with Crippen LogP contribution in [0.1, 0.15) is 24.8 Å². The minimum atomic E-state index is 0.270. The average Bonchev–Trinajstić information content (AvgIpc) is 3.43. The van der Waals surface area contributed by atoms with Gasteiger partial charge in [-0.2, -0.15) is 0 Å². The number of nitrogens with zero attached hydrogens (tertiary/aromatic N) is 1. The van der Waals surface area contributed by atoms with E-state index in [4.69, 9.17) is 14.2 Å². The summed E-state index contributed by atoms with van der Waals surface area (Å²) < 4.78 is 17.2. The van der Waals surface area contributed by atoms with Gasteiger partial charge >= 0.3 is 0 Å².